The summed E-state index contributed by atoms with van der Waals surface area (Å²) >= 11 is 0. The highest BCUT2D eigenvalue weighted by Crippen LogP contribution is 2.25. The molecule has 3 rings (SSSR count). The Morgan fingerprint density at radius 3 is 2.54 bits per heavy atom. The lowest BCUT2D eigenvalue weighted by molar-refractivity contribution is -0.118. The fraction of sp³-hybridized carbons (Fsp3) is 0.118. The summed E-state index contributed by atoms with van der Waals surface area (Å²) in [5, 5.41) is 6.81. The van der Waals surface area contributed by atoms with Crippen LogP contribution in [0.2, 0.25) is 0 Å². The molecule has 0 spiro atoms. The number of anilines is 1. The summed E-state index contributed by atoms with van der Waals surface area (Å²) in [5.41, 5.74) is 1.53. The van der Waals surface area contributed by atoms with Crippen molar-refractivity contribution >= 4 is 11.6 Å². The van der Waals surface area contributed by atoms with Gasteiger partial charge in [-0.15, -0.1) is 0 Å². The van der Waals surface area contributed by atoms with Crippen molar-refractivity contribution in [1.82, 2.24) is 14.8 Å². The molecule has 0 aliphatic heterocycles. The van der Waals surface area contributed by atoms with Crippen molar-refractivity contribution in [2.45, 2.75) is 0 Å². The number of rotatable bonds is 6. The van der Waals surface area contributed by atoms with E-state index in [9.17, 15) is 4.79 Å². The lowest BCUT2D eigenvalue weighted by Crippen LogP contribution is -2.20. The highest BCUT2D eigenvalue weighted by molar-refractivity contribution is 5.92. The van der Waals surface area contributed by atoms with Crippen LogP contribution in [0, 0.1) is 0 Å². The van der Waals surface area contributed by atoms with Crippen LogP contribution in [-0.4, -0.2) is 34.4 Å². The van der Waals surface area contributed by atoms with Gasteiger partial charge in [-0.2, -0.15) is 5.10 Å². The van der Waals surface area contributed by atoms with Crippen LogP contribution in [0.15, 0.2) is 61.2 Å². The quantitative estimate of drug-likeness (QED) is 0.753. The van der Waals surface area contributed by atoms with Crippen molar-refractivity contribution in [1.29, 1.82) is 0 Å². The number of amides is 1. The normalized spacial score (nSPS) is 10.2. The zero-order chi connectivity index (χ0) is 16.8. The Balaban J connectivity index is 1.57. The van der Waals surface area contributed by atoms with Gasteiger partial charge in [-0.25, -0.2) is 9.67 Å². The zero-order valence-electron chi connectivity index (χ0n) is 13.0. The summed E-state index contributed by atoms with van der Waals surface area (Å²) in [6.07, 6.45) is 3.07. The molecule has 1 heterocycles. The maximum absolute atomic E-state index is 12.0. The molecular formula is C17H16N4O3. The van der Waals surface area contributed by atoms with Crippen molar-refractivity contribution in [2.24, 2.45) is 0 Å². The van der Waals surface area contributed by atoms with Gasteiger partial charge in [0.15, 0.2) is 18.1 Å². The Labute approximate surface area is 138 Å². The number of hydrogen-bond acceptors (Lipinski definition) is 5. The Hall–Kier alpha value is -3.35. The van der Waals surface area contributed by atoms with Gasteiger partial charge in [-0.3, -0.25) is 4.79 Å². The molecule has 0 saturated carbocycles. The Morgan fingerprint density at radius 1 is 1.12 bits per heavy atom. The zero-order valence-corrected chi connectivity index (χ0v) is 13.0. The number of benzene rings is 2. The van der Waals surface area contributed by atoms with Crippen molar-refractivity contribution in [3.05, 3.63) is 61.2 Å². The number of carbonyl (C=O) groups excluding carboxylic acids is 1. The van der Waals surface area contributed by atoms with E-state index < -0.39 is 0 Å². The Morgan fingerprint density at radius 2 is 1.88 bits per heavy atom. The molecule has 0 bridgehead atoms. The first-order valence-corrected chi connectivity index (χ1v) is 7.27. The predicted molar refractivity (Wildman–Crippen MR) is 88.5 cm³/mol. The minimum Gasteiger partial charge on any atom is -0.493 e. The van der Waals surface area contributed by atoms with E-state index >= 15 is 0 Å². The Kier molecular flexibility index (Phi) is 4.71. The van der Waals surface area contributed by atoms with E-state index in [0.717, 1.165) is 5.69 Å². The summed E-state index contributed by atoms with van der Waals surface area (Å²) in [7, 11) is 1.55. The fourth-order valence-electron chi connectivity index (χ4n) is 2.12. The van der Waals surface area contributed by atoms with Gasteiger partial charge in [-0.05, 0) is 36.4 Å². The van der Waals surface area contributed by atoms with Gasteiger partial charge in [0.1, 0.15) is 12.7 Å². The highest BCUT2D eigenvalue weighted by Gasteiger charge is 2.07. The van der Waals surface area contributed by atoms with Gasteiger partial charge >= 0.3 is 0 Å². The van der Waals surface area contributed by atoms with Crippen molar-refractivity contribution < 1.29 is 14.3 Å². The fourth-order valence-corrected chi connectivity index (χ4v) is 2.12. The molecule has 122 valence electrons. The lowest BCUT2D eigenvalue weighted by atomic mass is 10.3. The van der Waals surface area contributed by atoms with E-state index in [1.807, 2.05) is 24.3 Å². The second kappa shape index (κ2) is 7.28. The van der Waals surface area contributed by atoms with E-state index in [-0.39, 0.29) is 12.5 Å². The molecule has 7 heteroatoms. The molecular weight excluding hydrogens is 308 g/mol. The predicted octanol–water partition coefficient (Wildman–Crippen LogP) is 2.29. The van der Waals surface area contributed by atoms with Crippen LogP contribution in [-0.2, 0) is 4.79 Å². The molecule has 1 N–H and O–H groups in total. The van der Waals surface area contributed by atoms with Crippen molar-refractivity contribution in [3.63, 3.8) is 0 Å². The highest BCUT2D eigenvalue weighted by atomic mass is 16.5. The average molecular weight is 324 g/mol. The van der Waals surface area contributed by atoms with E-state index in [2.05, 4.69) is 15.4 Å². The molecule has 0 saturated heterocycles. The van der Waals surface area contributed by atoms with Crippen LogP contribution in [0.3, 0.4) is 0 Å². The van der Waals surface area contributed by atoms with Crippen LogP contribution < -0.4 is 14.8 Å². The van der Waals surface area contributed by atoms with E-state index in [1.165, 1.54) is 6.33 Å². The monoisotopic (exact) mass is 324 g/mol. The SMILES string of the molecule is COc1ccccc1OCC(=O)Nc1ccc(-n2cncn2)cc1. The number of para-hydroxylation sites is 2. The maximum Gasteiger partial charge on any atom is 0.262 e. The van der Waals surface area contributed by atoms with Crippen molar-refractivity contribution in [2.75, 3.05) is 19.0 Å². The van der Waals surface area contributed by atoms with Crippen LogP contribution in [0.1, 0.15) is 0 Å². The summed E-state index contributed by atoms with van der Waals surface area (Å²) in [4.78, 5) is 15.9. The number of ether oxygens (including phenoxy) is 2. The molecule has 0 radical (unpaired) electrons. The molecule has 0 aliphatic carbocycles. The second-order valence-corrected chi connectivity index (χ2v) is 4.87. The molecule has 7 nitrogen and oxygen atoms in total. The molecule has 1 amide bonds. The van der Waals surface area contributed by atoms with Crippen LogP contribution in [0.25, 0.3) is 5.69 Å². The lowest BCUT2D eigenvalue weighted by Gasteiger charge is -2.10. The molecule has 0 unspecified atom stereocenters. The third kappa shape index (κ3) is 3.70. The molecule has 0 aliphatic rings. The first-order chi connectivity index (χ1) is 11.8. The number of nitrogens with one attached hydrogen (secondary N) is 1. The summed E-state index contributed by atoms with van der Waals surface area (Å²) in [6, 6.07) is 14.4. The van der Waals surface area contributed by atoms with Gasteiger partial charge in [0.2, 0.25) is 0 Å². The van der Waals surface area contributed by atoms with Crippen LogP contribution in [0.5, 0.6) is 11.5 Å². The number of hydrogen-bond donors (Lipinski definition) is 1. The molecule has 2 aromatic carbocycles. The molecule has 3 aromatic rings. The molecule has 0 atom stereocenters. The van der Waals surface area contributed by atoms with Gasteiger partial charge in [0.05, 0.1) is 12.8 Å². The number of methoxy groups -OCH3 is 1. The minimum atomic E-state index is -0.255. The molecule has 24 heavy (non-hydrogen) atoms. The van der Waals surface area contributed by atoms with E-state index in [1.54, 1.807) is 42.4 Å². The third-order valence-electron chi connectivity index (χ3n) is 3.26. The average Bonchev–Trinajstić information content (AvgIpc) is 3.15. The second-order valence-electron chi connectivity index (χ2n) is 4.87. The number of nitrogens with zero attached hydrogens (tertiary/aromatic N) is 3. The summed E-state index contributed by atoms with van der Waals surface area (Å²) in [5.74, 6) is 0.855. The standard InChI is InChI=1S/C17H16N4O3/c1-23-15-4-2-3-5-16(15)24-10-17(22)20-13-6-8-14(9-7-13)21-12-18-11-19-21/h2-9,11-12H,10H2,1H3,(H,20,22). The maximum atomic E-state index is 12.0. The number of carbonyl (C=O) groups is 1. The topological polar surface area (TPSA) is 78.3 Å². The first-order valence-electron chi connectivity index (χ1n) is 7.27. The number of aromatic nitrogens is 3. The van der Waals surface area contributed by atoms with Gasteiger partial charge in [0, 0.05) is 5.69 Å². The molecule has 1 aromatic heterocycles. The van der Waals surface area contributed by atoms with Gasteiger partial charge < -0.3 is 14.8 Å². The van der Waals surface area contributed by atoms with Crippen LogP contribution in [0.4, 0.5) is 5.69 Å². The van der Waals surface area contributed by atoms with E-state index in [4.69, 9.17) is 9.47 Å². The molecule has 0 fully saturated rings. The first kappa shape index (κ1) is 15.5. The van der Waals surface area contributed by atoms with Crippen molar-refractivity contribution in [3.8, 4) is 17.2 Å². The largest absolute Gasteiger partial charge is 0.493 e. The smallest absolute Gasteiger partial charge is 0.262 e. The van der Waals surface area contributed by atoms with Gasteiger partial charge in [-0.1, -0.05) is 12.1 Å². The summed E-state index contributed by atoms with van der Waals surface area (Å²) < 4.78 is 12.3. The third-order valence-corrected chi connectivity index (χ3v) is 3.26. The van der Waals surface area contributed by atoms with Crippen LogP contribution >= 0.6 is 0 Å². The Bertz CT molecular complexity index is 801. The van der Waals surface area contributed by atoms with E-state index in [0.29, 0.717) is 17.2 Å². The van der Waals surface area contributed by atoms with Gasteiger partial charge in [0.25, 0.3) is 5.91 Å². The minimum absolute atomic E-state index is 0.106. The summed E-state index contributed by atoms with van der Waals surface area (Å²) in [6.45, 7) is -0.106.